The summed E-state index contributed by atoms with van der Waals surface area (Å²) in [6.45, 7) is 0.408. The highest BCUT2D eigenvalue weighted by Gasteiger charge is 2.25. The molecule has 0 bridgehead atoms. The molecule has 0 atom stereocenters. The van der Waals surface area contributed by atoms with Crippen molar-refractivity contribution < 1.29 is 14.0 Å². The molecule has 0 aliphatic carbocycles. The van der Waals surface area contributed by atoms with Crippen LogP contribution in [-0.2, 0) is 11.3 Å². The van der Waals surface area contributed by atoms with Crippen molar-refractivity contribution in [1.29, 1.82) is 0 Å². The summed E-state index contributed by atoms with van der Waals surface area (Å²) in [4.78, 5) is 31.6. The van der Waals surface area contributed by atoms with E-state index >= 15 is 0 Å². The van der Waals surface area contributed by atoms with E-state index < -0.39 is 6.03 Å². The normalized spacial score (nSPS) is 13.0. The Balaban J connectivity index is 1.52. The van der Waals surface area contributed by atoms with Gasteiger partial charge in [-0.1, -0.05) is 6.07 Å². The molecule has 1 aromatic heterocycles. The van der Waals surface area contributed by atoms with Gasteiger partial charge < -0.3 is 15.5 Å². The van der Waals surface area contributed by atoms with E-state index in [1.807, 2.05) is 18.2 Å². The molecule has 2 N–H and O–H groups in total. The van der Waals surface area contributed by atoms with E-state index in [1.54, 1.807) is 29.4 Å². The van der Waals surface area contributed by atoms with E-state index in [0.717, 1.165) is 16.1 Å². The van der Waals surface area contributed by atoms with E-state index in [4.69, 9.17) is 0 Å². The van der Waals surface area contributed by atoms with Gasteiger partial charge in [0, 0.05) is 28.7 Å². The van der Waals surface area contributed by atoms with Gasteiger partial charge in [0.1, 0.15) is 5.82 Å². The standard InChI is InChI=1S/C21H17FN4O2S/c22-15-3-5-16(6-4-15)24-21(28)25-17-7-8-19-18(10-17)26(20(27)13-29-19)12-14-2-1-9-23-11-14/h1-11H,12-13H2,(H2,24,25,28). The number of nitrogens with one attached hydrogen (secondary N) is 2. The van der Waals surface area contributed by atoms with Crippen molar-refractivity contribution in [2.24, 2.45) is 0 Å². The number of thioether (sulfide) groups is 1. The largest absolute Gasteiger partial charge is 0.323 e. The Labute approximate surface area is 171 Å². The summed E-state index contributed by atoms with van der Waals surface area (Å²) in [5, 5.41) is 5.40. The lowest BCUT2D eigenvalue weighted by Gasteiger charge is -2.29. The Morgan fingerprint density at radius 3 is 2.62 bits per heavy atom. The Bertz CT molecular complexity index is 1040. The van der Waals surface area contributed by atoms with Crippen LogP contribution in [0.3, 0.4) is 0 Å². The van der Waals surface area contributed by atoms with Gasteiger partial charge in [0.25, 0.3) is 0 Å². The number of hydrogen-bond acceptors (Lipinski definition) is 4. The predicted molar refractivity (Wildman–Crippen MR) is 112 cm³/mol. The molecule has 1 aliphatic rings. The summed E-state index contributed by atoms with van der Waals surface area (Å²) in [5.74, 6) is -0.00811. The Morgan fingerprint density at radius 1 is 1.10 bits per heavy atom. The number of anilines is 3. The molecule has 6 nitrogen and oxygen atoms in total. The van der Waals surface area contributed by atoms with Crippen molar-refractivity contribution in [1.82, 2.24) is 4.98 Å². The third-order valence-electron chi connectivity index (χ3n) is 4.33. The number of carbonyl (C=O) groups is 2. The molecule has 0 saturated heterocycles. The minimum Gasteiger partial charge on any atom is -0.308 e. The summed E-state index contributed by atoms with van der Waals surface area (Å²) in [6.07, 6.45) is 3.42. The number of hydrogen-bond donors (Lipinski definition) is 2. The topological polar surface area (TPSA) is 74.3 Å². The average Bonchev–Trinajstić information content (AvgIpc) is 2.73. The van der Waals surface area contributed by atoms with Gasteiger partial charge >= 0.3 is 6.03 Å². The number of benzene rings is 2. The smallest absolute Gasteiger partial charge is 0.308 e. The number of rotatable bonds is 4. The third kappa shape index (κ3) is 4.55. The zero-order chi connectivity index (χ0) is 20.2. The number of aromatic nitrogens is 1. The first-order valence-corrected chi connectivity index (χ1v) is 9.87. The minimum absolute atomic E-state index is 0.000679. The van der Waals surface area contributed by atoms with Gasteiger partial charge in [-0.15, -0.1) is 11.8 Å². The summed E-state index contributed by atoms with van der Waals surface area (Å²) in [6, 6.07) is 14.2. The molecule has 29 heavy (non-hydrogen) atoms. The maximum Gasteiger partial charge on any atom is 0.323 e. The highest BCUT2D eigenvalue weighted by molar-refractivity contribution is 8.00. The monoisotopic (exact) mass is 408 g/mol. The molecule has 4 rings (SSSR count). The fraction of sp³-hybridized carbons (Fsp3) is 0.0952. The van der Waals surface area contributed by atoms with E-state index in [-0.39, 0.29) is 11.7 Å². The summed E-state index contributed by atoms with van der Waals surface area (Å²) in [7, 11) is 0. The number of fused-ring (bicyclic) bond motifs is 1. The molecule has 3 aromatic rings. The average molecular weight is 408 g/mol. The Kier molecular flexibility index (Phi) is 5.44. The first-order chi connectivity index (χ1) is 14.1. The lowest BCUT2D eigenvalue weighted by molar-refractivity contribution is -0.116. The van der Waals surface area contributed by atoms with Crippen LogP contribution in [0.15, 0.2) is 71.9 Å². The molecule has 2 heterocycles. The number of amides is 3. The zero-order valence-corrected chi connectivity index (χ0v) is 16.1. The molecule has 146 valence electrons. The second-order valence-electron chi connectivity index (χ2n) is 6.40. The first-order valence-electron chi connectivity index (χ1n) is 8.88. The molecular weight excluding hydrogens is 391 g/mol. The molecule has 0 spiro atoms. The van der Waals surface area contributed by atoms with Crippen LogP contribution in [0.1, 0.15) is 5.56 Å². The minimum atomic E-state index is -0.454. The molecule has 8 heteroatoms. The molecule has 3 amide bonds. The highest BCUT2D eigenvalue weighted by Crippen LogP contribution is 2.38. The number of halogens is 1. The van der Waals surface area contributed by atoms with Crippen molar-refractivity contribution in [3.63, 3.8) is 0 Å². The van der Waals surface area contributed by atoms with Crippen molar-refractivity contribution in [3.8, 4) is 0 Å². The van der Waals surface area contributed by atoms with Gasteiger partial charge in [-0.25, -0.2) is 9.18 Å². The SMILES string of the molecule is O=C(Nc1ccc(F)cc1)Nc1ccc2c(c1)N(Cc1cccnc1)C(=O)CS2. The fourth-order valence-electron chi connectivity index (χ4n) is 2.95. The van der Waals surface area contributed by atoms with Crippen LogP contribution in [0.5, 0.6) is 0 Å². The quantitative estimate of drug-likeness (QED) is 0.666. The van der Waals surface area contributed by atoms with E-state index in [0.29, 0.717) is 23.7 Å². The lowest BCUT2D eigenvalue weighted by Crippen LogP contribution is -2.35. The second kappa shape index (κ2) is 8.32. The van der Waals surface area contributed by atoms with Gasteiger partial charge in [0.2, 0.25) is 5.91 Å². The summed E-state index contributed by atoms with van der Waals surface area (Å²) >= 11 is 1.47. The van der Waals surface area contributed by atoms with Crippen LogP contribution in [0.25, 0.3) is 0 Å². The van der Waals surface area contributed by atoms with E-state index in [9.17, 15) is 14.0 Å². The maximum absolute atomic E-state index is 13.0. The van der Waals surface area contributed by atoms with Gasteiger partial charge in [0.15, 0.2) is 0 Å². The van der Waals surface area contributed by atoms with Crippen molar-refractivity contribution >= 4 is 40.8 Å². The zero-order valence-electron chi connectivity index (χ0n) is 15.3. The summed E-state index contributed by atoms with van der Waals surface area (Å²) in [5.41, 5.74) is 2.70. The van der Waals surface area contributed by atoms with E-state index in [1.165, 1.54) is 36.0 Å². The molecule has 0 fully saturated rings. The number of pyridine rings is 1. The molecule has 0 saturated carbocycles. The number of carbonyl (C=O) groups excluding carboxylic acids is 2. The van der Waals surface area contributed by atoms with Gasteiger partial charge in [0.05, 0.1) is 18.0 Å². The summed E-state index contributed by atoms with van der Waals surface area (Å²) < 4.78 is 13.0. The molecule has 0 radical (unpaired) electrons. The van der Waals surface area contributed by atoms with Crippen LogP contribution in [0, 0.1) is 5.82 Å². The molecule has 0 unspecified atom stereocenters. The lowest BCUT2D eigenvalue weighted by atomic mass is 10.2. The number of nitrogens with zero attached hydrogens (tertiary/aromatic N) is 2. The van der Waals surface area contributed by atoms with Crippen LogP contribution in [0.4, 0.5) is 26.2 Å². The van der Waals surface area contributed by atoms with Crippen LogP contribution in [-0.4, -0.2) is 22.7 Å². The van der Waals surface area contributed by atoms with E-state index in [2.05, 4.69) is 15.6 Å². The second-order valence-corrected chi connectivity index (χ2v) is 7.42. The van der Waals surface area contributed by atoms with Crippen LogP contribution in [0.2, 0.25) is 0 Å². The molecule has 1 aliphatic heterocycles. The van der Waals surface area contributed by atoms with Gasteiger partial charge in [-0.2, -0.15) is 0 Å². The predicted octanol–water partition coefficient (Wildman–Crippen LogP) is 4.50. The molecular formula is C21H17FN4O2S. The Hall–Kier alpha value is -3.39. The van der Waals surface area contributed by atoms with Crippen LogP contribution < -0.4 is 15.5 Å². The third-order valence-corrected chi connectivity index (χ3v) is 5.37. The van der Waals surface area contributed by atoms with Crippen LogP contribution >= 0.6 is 11.8 Å². The van der Waals surface area contributed by atoms with Gasteiger partial charge in [-0.05, 0) is 54.1 Å². The Morgan fingerprint density at radius 2 is 1.86 bits per heavy atom. The maximum atomic E-state index is 13.0. The first kappa shape index (κ1) is 18.9. The van der Waals surface area contributed by atoms with Crippen molar-refractivity contribution in [3.05, 3.63) is 78.4 Å². The van der Waals surface area contributed by atoms with Gasteiger partial charge in [-0.3, -0.25) is 9.78 Å². The molecule has 2 aromatic carbocycles. The van der Waals surface area contributed by atoms with Crippen molar-refractivity contribution in [2.75, 3.05) is 21.3 Å². The number of urea groups is 1. The fourth-order valence-corrected chi connectivity index (χ4v) is 3.87. The van der Waals surface area contributed by atoms with Crippen molar-refractivity contribution in [2.45, 2.75) is 11.4 Å². The highest BCUT2D eigenvalue weighted by atomic mass is 32.2.